The first-order valence-corrected chi connectivity index (χ1v) is 9.60. The fourth-order valence-corrected chi connectivity index (χ4v) is 4.75. The second-order valence-corrected chi connectivity index (χ2v) is 7.97. The van der Waals surface area contributed by atoms with Gasteiger partial charge in [0.15, 0.2) is 0 Å². The highest BCUT2D eigenvalue weighted by molar-refractivity contribution is 7.09. The number of rotatable bonds is 4. The predicted octanol–water partition coefficient (Wildman–Crippen LogP) is 2.60. The summed E-state index contributed by atoms with van der Waals surface area (Å²) < 4.78 is 6.03. The first-order chi connectivity index (χ1) is 10.8. The quantitative estimate of drug-likeness (QED) is 0.859. The molecule has 2 atom stereocenters. The molecule has 0 radical (unpaired) electrons. The van der Waals surface area contributed by atoms with Gasteiger partial charge in [0.05, 0.1) is 29.5 Å². The molecular weight excluding hydrogens is 314 g/mol. The number of morpholine rings is 1. The van der Waals surface area contributed by atoms with E-state index in [1.165, 1.54) is 11.3 Å². The molecule has 0 amide bonds. The second kappa shape index (κ2) is 6.37. The van der Waals surface area contributed by atoms with Crippen LogP contribution in [0, 0.1) is 6.92 Å². The first-order valence-electron chi connectivity index (χ1n) is 7.78. The third-order valence-corrected chi connectivity index (χ3v) is 6.06. The van der Waals surface area contributed by atoms with Crippen molar-refractivity contribution in [3.8, 4) is 0 Å². The summed E-state index contributed by atoms with van der Waals surface area (Å²) in [6.07, 6.45) is 0.354. The summed E-state index contributed by atoms with van der Waals surface area (Å²) in [6.45, 7) is 8.09. The number of hydrogen-bond acceptors (Lipinski definition) is 6. The van der Waals surface area contributed by atoms with E-state index < -0.39 is 0 Å². The van der Waals surface area contributed by atoms with Crippen molar-refractivity contribution in [1.82, 2.24) is 14.8 Å². The SMILES string of the molecule is Cc1nc(CN2CCO[C@@H]3CN(Cc4ccsc4)C[C@@H]32)cs1. The molecule has 6 heteroatoms. The van der Waals surface area contributed by atoms with Gasteiger partial charge < -0.3 is 4.74 Å². The van der Waals surface area contributed by atoms with Crippen LogP contribution in [0.25, 0.3) is 0 Å². The Kier molecular flexibility index (Phi) is 4.28. The zero-order chi connectivity index (χ0) is 14.9. The van der Waals surface area contributed by atoms with Gasteiger partial charge in [-0.3, -0.25) is 9.80 Å². The van der Waals surface area contributed by atoms with Crippen molar-refractivity contribution in [2.45, 2.75) is 32.2 Å². The number of thiazole rings is 1. The Balaban J connectivity index is 1.42. The minimum Gasteiger partial charge on any atom is -0.374 e. The van der Waals surface area contributed by atoms with E-state index in [4.69, 9.17) is 4.74 Å². The molecule has 2 aromatic rings. The topological polar surface area (TPSA) is 28.6 Å². The lowest BCUT2D eigenvalue weighted by atomic mass is 10.1. The summed E-state index contributed by atoms with van der Waals surface area (Å²) in [5, 5.41) is 7.76. The Labute approximate surface area is 139 Å². The molecule has 4 nitrogen and oxygen atoms in total. The van der Waals surface area contributed by atoms with Crippen LogP contribution in [-0.4, -0.2) is 53.2 Å². The number of hydrogen-bond donors (Lipinski definition) is 0. The number of ether oxygens (including phenoxy) is 1. The number of fused-ring (bicyclic) bond motifs is 1. The minimum atomic E-state index is 0.354. The van der Waals surface area contributed by atoms with Crippen LogP contribution in [0.1, 0.15) is 16.3 Å². The molecule has 118 valence electrons. The molecule has 0 spiro atoms. The van der Waals surface area contributed by atoms with Gasteiger partial charge >= 0.3 is 0 Å². The fraction of sp³-hybridized carbons (Fsp3) is 0.562. The van der Waals surface area contributed by atoms with Crippen LogP contribution in [0.5, 0.6) is 0 Å². The summed E-state index contributed by atoms with van der Waals surface area (Å²) in [6, 6.07) is 2.73. The van der Waals surface area contributed by atoms with Crippen LogP contribution >= 0.6 is 22.7 Å². The van der Waals surface area contributed by atoms with Crippen molar-refractivity contribution in [2.75, 3.05) is 26.2 Å². The van der Waals surface area contributed by atoms with Crippen molar-refractivity contribution in [3.63, 3.8) is 0 Å². The van der Waals surface area contributed by atoms with E-state index in [1.807, 2.05) is 0 Å². The molecule has 4 heterocycles. The average molecular weight is 335 g/mol. The fourth-order valence-electron chi connectivity index (χ4n) is 3.49. The molecule has 2 aromatic heterocycles. The summed E-state index contributed by atoms with van der Waals surface area (Å²) in [5.74, 6) is 0. The van der Waals surface area contributed by atoms with Gasteiger partial charge in [0.25, 0.3) is 0 Å². The molecule has 0 aliphatic carbocycles. The predicted molar refractivity (Wildman–Crippen MR) is 90.4 cm³/mol. The maximum Gasteiger partial charge on any atom is 0.0897 e. The molecule has 2 aliphatic heterocycles. The Hall–Kier alpha value is -0.790. The summed E-state index contributed by atoms with van der Waals surface area (Å²) in [7, 11) is 0. The van der Waals surface area contributed by atoms with Crippen LogP contribution in [0.4, 0.5) is 0 Å². The zero-order valence-electron chi connectivity index (χ0n) is 12.8. The highest BCUT2D eigenvalue weighted by Gasteiger charge is 2.40. The van der Waals surface area contributed by atoms with Crippen LogP contribution < -0.4 is 0 Å². The maximum absolute atomic E-state index is 6.03. The molecule has 0 saturated carbocycles. The molecule has 22 heavy (non-hydrogen) atoms. The van der Waals surface area contributed by atoms with Gasteiger partial charge in [-0.05, 0) is 29.3 Å². The van der Waals surface area contributed by atoms with Gasteiger partial charge in [-0.2, -0.15) is 11.3 Å². The lowest BCUT2D eigenvalue weighted by Gasteiger charge is -2.36. The Bertz CT molecular complexity index is 613. The van der Waals surface area contributed by atoms with Crippen molar-refractivity contribution in [3.05, 3.63) is 38.5 Å². The van der Waals surface area contributed by atoms with E-state index in [9.17, 15) is 0 Å². The van der Waals surface area contributed by atoms with Crippen molar-refractivity contribution in [1.29, 1.82) is 0 Å². The molecule has 0 aromatic carbocycles. The van der Waals surface area contributed by atoms with Crippen molar-refractivity contribution in [2.24, 2.45) is 0 Å². The third-order valence-electron chi connectivity index (χ3n) is 4.51. The lowest BCUT2D eigenvalue weighted by Crippen LogP contribution is -2.50. The van der Waals surface area contributed by atoms with Gasteiger partial charge in [-0.25, -0.2) is 4.98 Å². The van der Waals surface area contributed by atoms with Gasteiger partial charge in [0.2, 0.25) is 0 Å². The van der Waals surface area contributed by atoms with Crippen LogP contribution in [0.3, 0.4) is 0 Å². The molecular formula is C16H21N3OS2. The van der Waals surface area contributed by atoms with E-state index in [2.05, 4.69) is 43.9 Å². The largest absolute Gasteiger partial charge is 0.374 e. The molecule has 0 bridgehead atoms. The minimum absolute atomic E-state index is 0.354. The monoisotopic (exact) mass is 335 g/mol. The Morgan fingerprint density at radius 3 is 3.05 bits per heavy atom. The Morgan fingerprint density at radius 1 is 1.32 bits per heavy atom. The van der Waals surface area contributed by atoms with Gasteiger partial charge in [-0.1, -0.05) is 0 Å². The lowest BCUT2D eigenvalue weighted by molar-refractivity contribution is -0.0507. The van der Waals surface area contributed by atoms with E-state index in [-0.39, 0.29) is 0 Å². The van der Waals surface area contributed by atoms with Gasteiger partial charge in [-0.15, -0.1) is 11.3 Å². The van der Waals surface area contributed by atoms with Crippen LogP contribution in [-0.2, 0) is 17.8 Å². The Morgan fingerprint density at radius 2 is 2.27 bits per heavy atom. The number of likely N-dealkylation sites (tertiary alicyclic amines) is 1. The van der Waals surface area contributed by atoms with E-state index >= 15 is 0 Å². The number of thiophene rings is 1. The molecule has 0 unspecified atom stereocenters. The average Bonchev–Trinajstić information content (AvgIpc) is 3.21. The highest BCUT2D eigenvalue weighted by Crippen LogP contribution is 2.26. The molecule has 2 fully saturated rings. The van der Waals surface area contributed by atoms with Crippen LogP contribution in [0.15, 0.2) is 22.2 Å². The van der Waals surface area contributed by atoms with E-state index in [0.717, 1.165) is 44.3 Å². The third kappa shape index (κ3) is 3.12. The van der Waals surface area contributed by atoms with Gasteiger partial charge in [0, 0.05) is 38.1 Å². The number of nitrogens with zero attached hydrogens (tertiary/aromatic N) is 3. The molecule has 0 N–H and O–H groups in total. The standard InChI is InChI=1S/C16H21N3OS2/c1-12-17-14(11-22-12)7-19-3-4-20-16-9-18(8-15(16)19)6-13-2-5-21-10-13/h2,5,10-11,15-16H,3-4,6-9H2,1H3/t15-,16+/m0/s1. The number of aryl methyl sites for hydroxylation is 1. The highest BCUT2D eigenvalue weighted by atomic mass is 32.1. The first kappa shape index (κ1) is 14.8. The normalized spacial score (nSPS) is 26.4. The van der Waals surface area contributed by atoms with E-state index in [1.54, 1.807) is 22.7 Å². The summed E-state index contributed by atoms with van der Waals surface area (Å²) in [5.41, 5.74) is 2.63. The maximum atomic E-state index is 6.03. The molecule has 2 aliphatic rings. The molecule has 4 rings (SSSR count). The summed E-state index contributed by atoms with van der Waals surface area (Å²) in [4.78, 5) is 9.72. The number of aromatic nitrogens is 1. The smallest absolute Gasteiger partial charge is 0.0897 e. The van der Waals surface area contributed by atoms with Crippen molar-refractivity contribution >= 4 is 22.7 Å². The van der Waals surface area contributed by atoms with Crippen LogP contribution in [0.2, 0.25) is 0 Å². The second-order valence-electron chi connectivity index (χ2n) is 6.13. The van der Waals surface area contributed by atoms with Gasteiger partial charge in [0.1, 0.15) is 0 Å². The summed E-state index contributed by atoms with van der Waals surface area (Å²) >= 11 is 3.52. The molecule has 2 saturated heterocycles. The van der Waals surface area contributed by atoms with E-state index in [0.29, 0.717) is 12.1 Å². The zero-order valence-corrected chi connectivity index (χ0v) is 14.4. The van der Waals surface area contributed by atoms with Crippen molar-refractivity contribution < 1.29 is 4.74 Å².